The van der Waals surface area contributed by atoms with Gasteiger partial charge in [-0.3, -0.25) is 0 Å². The van der Waals surface area contributed by atoms with E-state index >= 15 is 0 Å². The number of carbonyl (C=O) groups is 1. The molecule has 0 amide bonds. The average molecular weight is 260 g/mol. The van der Waals surface area contributed by atoms with Crippen molar-refractivity contribution in [1.82, 2.24) is 10.2 Å². The van der Waals surface area contributed by atoms with Gasteiger partial charge in [0.15, 0.2) is 5.69 Å². The topological polar surface area (TPSA) is 124 Å². The van der Waals surface area contributed by atoms with Crippen LogP contribution in [0.2, 0.25) is 0 Å². The van der Waals surface area contributed by atoms with Crippen molar-refractivity contribution in [2.45, 2.75) is 0 Å². The monoisotopic (exact) mass is 260 g/mol. The second-order valence-corrected chi connectivity index (χ2v) is 4.82. The van der Waals surface area contributed by atoms with Crippen LogP contribution in [0.3, 0.4) is 0 Å². The lowest BCUT2D eigenvalue weighted by Gasteiger charge is -2.03. The second kappa shape index (κ2) is 5.55. The van der Waals surface area contributed by atoms with E-state index in [1.807, 2.05) is 0 Å². The van der Waals surface area contributed by atoms with E-state index in [-0.39, 0.29) is 18.0 Å². The van der Waals surface area contributed by atoms with E-state index in [0.29, 0.717) is 5.82 Å². The van der Waals surface area contributed by atoms with E-state index in [4.69, 9.17) is 5.14 Å². The summed E-state index contributed by atoms with van der Waals surface area (Å²) >= 11 is 0. The zero-order valence-electron chi connectivity index (χ0n) is 9.08. The maximum Gasteiger partial charge on any atom is 0.358 e. The largest absolute Gasteiger partial charge is 0.464 e. The van der Waals surface area contributed by atoms with Crippen LogP contribution in [-0.4, -0.2) is 44.0 Å². The summed E-state index contributed by atoms with van der Waals surface area (Å²) in [7, 11) is -2.27. The Kier molecular flexibility index (Phi) is 4.35. The molecule has 17 heavy (non-hydrogen) atoms. The van der Waals surface area contributed by atoms with Gasteiger partial charge in [-0.25, -0.2) is 18.4 Å². The van der Waals surface area contributed by atoms with E-state index < -0.39 is 16.0 Å². The third-order valence-electron chi connectivity index (χ3n) is 1.75. The Hall–Kier alpha value is -1.74. The molecule has 94 valence electrons. The second-order valence-electron chi connectivity index (χ2n) is 3.09. The van der Waals surface area contributed by atoms with Gasteiger partial charge in [-0.15, -0.1) is 10.2 Å². The van der Waals surface area contributed by atoms with Crippen LogP contribution in [0.15, 0.2) is 12.1 Å². The standard InChI is InChI=1S/C8H12N4O4S/c1-16-8(13)6-2-3-7(12-11-6)10-4-5-17(9,14)15/h2-3H,4-5H2,1H3,(H,10,12)(H2,9,14,15). The molecule has 0 saturated heterocycles. The van der Waals surface area contributed by atoms with E-state index in [0.717, 1.165) is 0 Å². The number of hydrogen-bond donors (Lipinski definition) is 2. The summed E-state index contributed by atoms with van der Waals surface area (Å²) in [5, 5.41) is 14.8. The zero-order valence-corrected chi connectivity index (χ0v) is 9.90. The molecule has 1 aromatic heterocycles. The number of nitrogens with two attached hydrogens (primary N) is 1. The number of aromatic nitrogens is 2. The molecule has 8 nitrogen and oxygen atoms in total. The molecule has 0 aliphatic heterocycles. The molecule has 0 aromatic carbocycles. The number of carbonyl (C=O) groups excluding carboxylic acids is 1. The van der Waals surface area contributed by atoms with Gasteiger partial charge in [-0.05, 0) is 12.1 Å². The molecule has 3 N–H and O–H groups in total. The normalized spacial score (nSPS) is 10.9. The van der Waals surface area contributed by atoms with Crippen molar-refractivity contribution < 1.29 is 17.9 Å². The molecular weight excluding hydrogens is 248 g/mol. The number of rotatable bonds is 5. The van der Waals surface area contributed by atoms with Crippen LogP contribution < -0.4 is 10.5 Å². The van der Waals surface area contributed by atoms with Gasteiger partial charge in [-0.1, -0.05) is 0 Å². The molecular formula is C8H12N4O4S. The Labute approximate surface area is 98.2 Å². The average Bonchev–Trinajstić information content (AvgIpc) is 2.27. The quantitative estimate of drug-likeness (QED) is 0.648. The summed E-state index contributed by atoms with van der Waals surface area (Å²) < 4.78 is 25.7. The fraction of sp³-hybridized carbons (Fsp3) is 0.375. The molecule has 9 heteroatoms. The van der Waals surface area contributed by atoms with Crippen molar-refractivity contribution in [2.24, 2.45) is 5.14 Å². The highest BCUT2D eigenvalue weighted by Gasteiger charge is 2.07. The first kappa shape index (κ1) is 13.3. The minimum atomic E-state index is -3.50. The first-order valence-electron chi connectivity index (χ1n) is 4.59. The molecule has 0 saturated carbocycles. The molecule has 0 fully saturated rings. The van der Waals surface area contributed by atoms with Crippen LogP contribution in [0.5, 0.6) is 0 Å². The Morgan fingerprint density at radius 2 is 2.18 bits per heavy atom. The molecule has 0 bridgehead atoms. The lowest BCUT2D eigenvalue weighted by molar-refractivity contribution is 0.0593. The molecule has 0 aliphatic rings. The summed E-state index contributed by atoms with van der Waals surface area (Å²) in [6.07, 6.45) is 0. The number of primary sulfonamides is 1. The third-order valence-corrected chi connectivity index (χ3v) is 2.52. The Bertz CT molecular complexity index is 485. The first-order chi connectivity index (χ1) is 7.92. The maximum absolute atomic E-state index is 11.0. The molecule has 0 atom stereocenters. The van der Waals surface area contributed by atoms with Crippen LogP contribution in [0, 0.1) is 0 Å². The number of ether oxygens (including phenoxy) is 1. The van der Waals surface area contributed by atoms with Crippen molar-refractivity contribution in [1.29, 1.82) is 0 Å². The zero-order chi connectivity index (χ0) is 12.9. The minimum absolute atomic E-state index is 0.0736. The number of hydrogen-bond acceptors (Lipinski definition) is 7. The van der Waals surface area contributed by atoms with Crippen molar-refractivity contribution in [2.75, 3.05) is 24.7 Å². The van der Waals surface area contributed by atoms with Crippen molar-refractivity contribution in [3.05, 3.63) is 17.8 Å². The SMILES string of the molecule is COC(=O)c1ccc(NCCS(N)(=O)=O)nn1. The fourth-order valence-corrected chi connectivity index (χ4v) is 1.35. The van der Waals surface area contributed by atoms with Gasteiger partial charge in [-0.2, -0.15) is 0 Å². The minimum Gasteiger partial charge on any atom is -0.464 e. The van der Waals surface area contributed by atoms with E-state index in [9.17, 15) is 13.2 Å². The van der Waals surface area contributed by atoms with Crippen molar-refractivity contribution >= 4 is 21.8 Å². The number of sulfonamides is 1. The fourth-order valence-electron chi connectivity index (χ4n) is 0.961. The predicted molar refractivity (Wildman–Crippen MR) is 59.8 cm³/mol. The van der Waals surface area contributed by atoms with E-state index in [1.165, 1.54) is 19.2 Å². The third kappa shape index (κ3) is 4.74. The molecule has 0 spiro atoms. The van der Waals surface area contributed by atoms with Crippen LogP contribution in [-0.2, 0) is 14.8 Å². The lowest BCUT2D eigenvalue weighted by Crippen LogP contribution is -2.22. The summed E-state index contributed by atoms with van der Waals surface area (Å²) in [5.41, 5.74) is 0.0736. The molecule has 0 radical (unpaired) electrons. The molecule has 0 unspecified atom stereocenters. The van der Waals surface area contributed by atoms with Crippen molar-refractivity contribution in [3.63, 3.8) is 0 Å². The summed E-state index contributed by atoms with van der Waals surface area (Å²) in [6, 6.07) is 2.90. The number of nitrogens with one attached hydrogen (secondary N) is 1. The summed E-state index contributed by atoms with van der Waals surface area (Å²) in [6.45, 7) is 0.116. The summed E-state index contributed by atoms with van der Waals surface area (Å²) in [4.78, 5) is 11.0. The first-order valence-corrected chi connectivity index (χ1v) is 6.30. The maximum atomic E-state index is 11.0. The van der Waals surface area contributed by atoms with Crippen molar-refractivity contribution in [3.8, 4) is 0 Å². The molecule has 0 aliphatic carbocycles. The van der Waals surface area contributed by atoms with Gasteiger partial charge < -0.3 is 10.1 Å². The van der Waals surface area contributed by atoms with Gasteiger partial charge in [0.2, 0.25) is 10.0 Å². The van der Waals surface area contributed by atoms with Gasteiger partial charge in [0.25, 0.3) is 0 Å². The van der Waals surface area contributed by atoms with Crippen LogP contribution >= 0.6 is 0 Å². The Morgan fingerprint density at radius 1 is 1.47 bits per heavy atom. The van der Waals surface area contributed by atoms with Gasteiger partial charge in [0.1, 0.15) is 5.82 Å². The molecule has 1 rings (SSSR count). The van der Waals surface area contributed by atoms with Crippen LogP contribution in [0.25, 0.3) is 0 Å². The highest BCUT2D eigenvalue weighted by molar-refractivity contribution is 7.89. The Balaban J connectivity index is 2.54. The Morgan fingerprint density at radius 3 is 2.65 bits per heavy atom. The van der Waals surface area contributed by atoms with Gasteiger partial charge in [0, 0.05) is 6.54 Å². The number of methoxy groups -OCH3 is 1. The number of anilines is 1. The van der Waals surface area contributed by atoms with Crippen LogP contribution in [0.1, 0.15) is 10.5 Å². The highest BCUT2D eigenvalue weighted by Crippen LogP contribution is 2.02. The number of esters is 1. The highest BCUT2D eigenvalue weighted by atomic mass is 32.2. The smallest absolute Gasteiger partial charge is 0.358 e. The summed E-state index contributed by atoms with van der Waals surface area (Å²) in [5.74, 6) is -0.456. The van der Waals surface area contributed by atoms with Crippen LogP contribution in [0.4, 0.5) is 5.82 Å². The van der Waals surface area contributed by atoms with Gasteiger partial charge >= 0.3 is 5.97 Å². The van der Waals surface area contributed by atoms with E-state index in [2.05, 4.69) is 20.3 Å². The number of nitrogens with zero attached hydrogens (tertiary/aromatic N) is 2. The van der Waals surface area contributed by atoms with Gasteiger partial charge in [0.05, 0.1) is 12.9 Å². The predicted octanol–water partition coefficient (Wildman–Crippen LogP) is -1.04. The molecule has 1 heterocycles. The van der Waals surface area contributed by atoms with E-state index in [1.54, 1.807) is 0 Å². The molecule has 1 aromatic rings. The lowest BCUT2D eigenvalue weighted by atomic mass is 10.4.